The molecule has 34 heavy (non-hydrogen) atoms. The summed E-state index contributed by atoms with van der Waals surface area (Å²) < 4.78 is 16.8. The molecule has 1 amide bonds. The van der Waals surface area contributed by atoms with Crippen LogP contribution in [0.4, 0.5) is 0 Å². The number of carboxylic acid groups (broad SMARTS) is 2. The second-order valence-corrected chi connectivity index (χ2v) is 8.10. The van der Waals surface area contributed by atoms with Crippen molar-refractivity contribution in [2.24, 2.45) is 0 Å². The van der Waals surface area contributed by atoms with Gasteiger partial charge in [-0.3, -0.25) is 9.69 Å². The third kappa shape index (κ3) is 7.63. The van der Waals surface area contributed by atoms with Crippen molar-refractivity contribution in [3.8, 4) is 17.2 Å². The molecule has 0 saturated carbocycles. The Bertz CT molecular complexity index is 988. The van der Waals surface area contributed by atoms with Crippen LogP contribution in [0.2, 0.25) is 0 Å². The molecule has 0 radical (unpaired) electrons. The molecular formula is C23H27BrN2O8. The number of piperazine rings is 1. The second-order valence-electron chi connectivity index (χ2n) is 7.25. The van der Waals surface area contributed by atoms with E-state index < -0.39 is 11.9 Å². The highest BCUT2D eigenvalue weighted by Gasteiger charge is 2.23. The molecule has 0 unspecified atom stereocenters. The number of carbonyl (C=O) groups is 3. The molecule has 0 atom stereocenters. The normalized spacial score (nSPS) is 13.4. The number of nitrogens with zero attached hydrogens (tertiary/aromatic N) is 2. The molecule has 0 spiro atoms. The number of benzene rings is 2. The first-order chi connectivity index (χ1) is 16.2. The third-order valence-corrected chi connectivity index (χ3v) is 5.68. The number of halogens is 1. The SMILES string of the molecule is COc1cc(OC)cc(C(=O)N2CCN(Cc3ccc(OC)c(Br)c3)CC2)c1.O=C(O)C(=O)O. The summed E-state index contributed by atoms with van der Waals surface area (Å²) >= 11 is 3.53. The summed E-state index contributed by atoms with van der Waals surface area (Å²) in [5.74, 6) is -1.58. The second kappa shape index (κ2) is 12.8. The first kappa shape index (κ1) is 26.9. The van der Waals surface area contributed by atoms with Crippen molar-refractivity contribution < 1.29 is 38.8 Å². The highest BCUT2D eigenvalue weighted by atomic mass is 79.9. The summed E-state index contributed by atoms with van der Waals surface area (Å²) in [6.07, 6.45) is 0. The van der Waals surface area contributed by atoms with Gasteiger partial charge >= 0.3 is 11.9 Å². The average molecular weight is 539 g/mol. The molecule has 1 heterocycles. The highest BCUT2D eigenvalue weighted by molar-refractivity contribution is 9.10. The first-order valence-corrected chi connectivity index (χ1v) is 11.0. The van der Waals surface area contributed by atoms with E-state index in [1.165, 1.54) is 5.56 Å². The molecule has 11 heteroatoms. The molecule has 1 fully saturated rings. The fraction of sp³-hybridized carbons (Fsp3) is 0.348. The van der Waals surface area contributed by atoms with Crippen LogP contribution in [0.15, 0.2) is 40.9 Å². The fourth-order valence-corrected chi connectivity index (χ4v) is 3.88. The van der Waals surface area contributed by atoms with Crippen LogP contribution in [-0.4, -0.2) is 85.4 Å². The number of carbonyl (C=O) groups excluding carboxylic acids is 1. The van der Waals surface area contributed by atoms with Gasteiger partial charge in [0.25, 0.3) is 5.91 Å². The quantitative estimate of drug-likeness (QED) is 0.533. The van der Waals surface area contributed by atoms with Gasteiger partial charge in [0.15, 0.2) is 0 Å². The Morgan fingerprint density at radius 2 is 1.41 bits per heavy atom. The Balaban J connectivity index is 0.000000604. The maximum atomic E-state index is 12.9. The van der Waals surface area contributed by atoms with Gasteiger partial charge in [0.05, 0.1) is 25.8 Å². The van der Waals surface area contributed by atoms with Crippen LogP contribution in [0.5, 0.6) is 17.2 Å². The van der Waals surface area contributed by atoms with Gasteiger partial charge in [-0.25, -0.2) is 9.59 Å². The van der Waals surface area contributed by atoms with Gasteiger partial charge < -0.3 is 29.3 Å². The minimum atomic E-state index is -1.82. The molecule has 1 saturated heterocycles. The monoisotopic (exact) mass is 538 g/mol. The molecule has 3 rings (SSSR count). The lowest BCUT2D eigenvalue weighted by molar-refractivity contribution is -0.159. The maximum Gasteiger partial charge on any atom is 0.414 e. The van der Waals surface area contributed by atoms with Gasteiger partial charge in [-0.05, 0) is 45.8 Å². The molecule has 2 aromatic rings. The van der Waals surface area contributed by atoms with E-state index in [9.17, 15) is 4.79 Å². The van der Waals surface area contributed by atoms with E-state index in [4.69, 9.17) is 34.0 Å². The number of amides is 1. The average Bonchev–Trinajstić information content (AvgIpc) is 2.84. The van der Waals surface area contributed by atoms with Gasteiger partial charge in [-0.1, -0.05) is 6.07 Å². The summed E-state index contributed by atoms with van der Waals surface area (Å²) in [5, 5.41) is 14.8. The minimum absolute atomic E-state index is 0.00374. The number of ether oxygens (including phenoxy) is 3. The van der Waals surface area contributed by atoms with Crippen LogP contribution >= 0.6 is 15.9 Å². The number of carboxylic acids is 2. The minimum Gasteiger partial charge on any atom is -0.497 e. The van der Waals surface area contributed by atoms with Crippen molar-refractivity contribution in [3.63, 3.8) is 0 Å². The van der Waals surface area contributed by atoms with Gasteiger partial charge in [0.1, 0.15) is 17.2 Å². The number of aliphatic carboxylic acids is 2. The molecule has 0 bridgehead atoms. The molecule has 1 aliphatic rings. The van der Waals surface area contributed by atoms with Crippen molar-refractivity contribution in [2.45, 2.75) is 6.54 Å². The van der Waals surface area contributed by atoms with Gasteiger partial charge in [-0.15, -0.1) is 0 Å². The van der Waals surface area contributed by atoms with E-state index in [1.807, 2.05) is 11.0 Å². The van der Waals surface area contributed by atoms with Crippen LogP contribution in [0, 0.1) is 0 Å². The summed E-state index contributed by atoms with van der Waals surface area (Å²) in [6.45, 7) is 3.88. The van der Waals surface area contributed by atoms with Crippen LogP contribution < -0.4 is 14.2 Å². The molecule has 184 valence electrons. The molecule has 0 aromatic heterocycles. The lowest BCUT2D eigenvalue weighted by atomic mass is 10.1. The number of methoxy groups -OCH3 is 3. The van der Waals surface area contributed by atoms with Gasteiger partial charge in [-0.2, -0.15) is 0 Å². The first-order valence-electron chi connectivity index (χ1n) is 10.2. The zero-order chi connectivity index (χ0) is 25.3. The van der Waals surface area contributed by atoms with Crippen LogP contribution in [0.1, 0.15) is 15.9 Å². The smallest absolute Gasteiger partial charge is 0.414 e. The van der Waals surface area contributed by atoms with Crippen LogP contribution in [-0.2, 0) is 16.1 Å². The van der Waals surface area contributed by atoms with Crippen molar-refractivity contribution in [2.75, 3.05) is 47.5 Å². The Morgan fingerprint density at radius 1 is 0.853 bits per heavy atom. The lowest BCUT2D eigenvalue weighted by Crippen LogP contribution is -2.48. The Kier molecular flexibility index (Phi) is 10.1. The fourth-order valence-electron chi connectivity index (χ4n) is 3.29. The topological polar surface area (TPSA) is 126 Å². The van der Waals surface area contributed by atoms with E-state index in [2.05, 4.69) is 33.0 Å². The van der Waals surface area contributed by atoms with Crippen LogP contribution in [0.3, 0.4) is 0 Å². The predicted molar refractivity (Wildman–Crippen MR) is 127 cm³/mol. The van der Waals surface area contributed by atoms with Crippen LogP contribution in [0.25, 0.3) is 0 Å². The van der Waals surface area contributed by atoms with Crippen molar-refractivity contribution >= 4 is 33.8 Å². The molecule has 2 aromatic carbocycles. The molecule has 10 nitrogen and oxygen atoms in total. The number of hydrogen-bond acceptors (Lipinski definition) is 7. The zero-order valence-corrected chi connectivity index (χ0v) is 20.7. The van der Waals surface area contributed by atoms with Crippen molar-refractivity contribution in [1.29, 1.82) is 0 Å². The maximum absolute atomic E-state index is 12.9. The van der Waals surface area contributed by atoms with E-state index in [0.717, 1.165) is 29.9 Å². The Labute approximate surface area is 205 Å². The molecular weight excluding hydrogens is 512 g/mol. The summed E-state index contributed by atoms with van der Waals surface area (Å²) in [6, 6.07) is 11.4. The zero-order valence-electron chi connectivity index (χ0n) is 19.1. The van der Waals surface area contributed by atoms with E-state index >= 15 is 0 Å². The summed E-state index contributed by atoms with van der Waals surface area (Å²) in [7, 11) is 4.83. The highest BCUT2D eigenvalue weighted by Crippen LogP contribution is 2.27. The predicted octanol–water partition coefficient (Wildman–Crippen LogP) is 2.59. The largest absolute Gasteiger partial charge is 0.497 e. The van der Waals surface area contributed by atoms with E-state index in [1.54, 1.807) is 39.5 Å². The molecule has 0 aliphatic carbocycles. The summed E-state index contributed by atoms with van der Waals surface area (Å²) in [5.41, 5.74) is 1.80. The molecule has 1 aliphatic heterocycles. The van der Waals surface area contributed by atoms with Crippen molar-refractivity contribution in [1.82, 2.24) is 9.80 Å². The lowest BCUT2D eigenvalue weighted by Gasteiger charge is -2.35. The van der Waals surface area contributed by atoms with Gasteiger partial charge in [0, 0.05) is 44.4 Å². The Morgan fingerprint density at radius 3 is 1.85 bits per heavy atom. The van der Waals surface area contributed by atoms with E-state index in [-0.39, 0.29) is 5.91 Å². The van der Waals surface area contributed by atoms with Crippen molar-refractivity contribution in [3.05, 3.63) is 52.0 Å². The number of hydrogen-bond donors (Lipinski definition) is 2. The van der Waals surface area contributed by atoms with Gasteiger partial charge in [0.2, 0.25) is 0 Å². The summed E-state index contributed by atoms with van der Waals surface area (Å²) in [4.78, 5) is 35.3. The standard InChI is InChI=1S/C21H25BrN2O4.C2H2O4/c1-26-17-11-16(12-18(13-17)27-2)21(25)24-8-6-23(7-9-24)14-15-4-5-20(28-3)19(22)10-15;3-1(4)2(5)6/h4-5,10-13H,6-9,14H2,1-3H3;(H,3,4)(H,5,6). The number of rotatable bonds is 6. The molecule has 2 N–H and O–H groups in total. The Hall–Kier alpha value is -3.31. The van der Waals surface area contributed by atoms with E-state index in [0.29, 0.717) is 30.2 Å². The third-order valence-electron chi connectivity index (χ3n) is 5.06.